The number of hydrogen-bond acceptors (Lipinski definition) is 4. The van der Waals surface area contributed by atoms with Crippen LogP contribution in [0.1, 0.15) is 48.8 Å². The lowest BCUT2D eigenvalue weighted by Crippen LogP contribution is -2.32. The van der Waals surface area contributed by atoms with Crippen molar-refractivity contribution in [3.63, 3.8) is 0 Å². The molecule has 25 heavy (non-hydrogen) atoms. The molecule has 5 nitrogen and oxygen atoms in total. The Morgan fingerprint density at radius 3 is 2.40 bits per heavy atom. The highest BCUT2D eigenvalue weighted by Gasteiger charge is 2.28. The monoisotopic (exact) mass is 342 g/mol. The fraction of sp³-hybridized carbons (Fsp3) is 0.600. The van der Waals surface area contributed by atoms with E-state index in [4.69, 9.17) is 14.8 Å². The van der Waals surface area contributed by atoms with Crippen LogP contribution in [0.4, 0.5) is 0 Å². The van der Waals surface area contributed by atoms with Gasteiger partial charge in [-0.25, -0.2) is 9.67 Å². The van der Waals surface area contributed by atoms with E-state index < -0.39 is 0 Å². The summed E-state index contributed by atoms with van der Waals surface area (Å²) in [5, 5.41) is 4.79. The molecular formula is C20H30N4O. The zero-order chi connectivity index (χ0) is 17.8. The van der Waals surface area contributed by atoms with Crippen LogP contribution in [-0.4, -0.2) is 53.5 Å². The lowest BCUT2D eigenvalue weighted by atomic mass is 9.85. The Morgan fingerprint density at radius 1 is 1.12 bits per heavy atom. The normalized spacial score (nSPS) is 21.0. The van der Waals surface area contributed by atoms with Gasteiger partial charge in [0.25, 0.3) is 0 Å². The lowest BCUT2D eigenvalue weighted by molar-refractivity contribution is 0.200. The second-order valence-corrected chi connectivity index (χ2v) is 7.35. The number of methoxy groups -OCH3 is 1. The minimum atomic E-state index is 0.487. The van der Waals surface area contributed by atoms with Crippen molar-refractivity contribution in [1.82, 2.24) is 19.7 Å². The van der Waals surface area contributed by atoms with Crippen molar-refractivity contribution in [3.05, 3.63) is 41.5 Å². The summed E-state index contributed by atoms with van der Waals surface area (Å²) in [5.74, 6) is 2.49. The summed E-state index contributed by atoms with van der Waals surface area (Å²) in [6, 6.07) is 9.25. The zero-order valence-corrected chi connectivity index (χ0v) is 15.9. The minimum Gasteiger partial charge on any atom is -0.384 e. The summed E-state index contributed by atoms with van der Waals surface area (Å²) in [5.41, 5.74) is 2.36. The highest BCUT2D eigenvalue weighted by Crippen LogP contribution is 2.34. The molecule has 1 heterocycles. The smallest absolute Gasteiger partial charge is 0.153 e. The summed E-state index contributed by atoms with van der Waals surface area (Å²) in [7, 11) is 6.09. The molecule has 0 radical (unpaired) electrons. The highest BCUT2D eigenvalue weighted by molar-refractivity contribution is 5.35. The van der Waals surface area contributed by atoms with E-state index >= 15 is 0 Å². The number of rotatable bonds is 6. The van der Waals surface area contributed by atoms with Gasteiger partial charge in [0.05, 0.1) is 12.3 Å². The molecule has 136 valence electrons. The summed E-state index contributed by atoms with van der Waals surface area (Å²) < 4.78 is 7.27. The maximum absolute atomic E-state index is 5.21. The molecule has 5 heteroatoms. The van der Waals surface area contributed by atoms with E-state index in [0.717, 1.165) is 23.8 Å². The Balaban J connectivity index is 1.86. The van der Waals surface area contributed by atoms with Gasteiger partial charge in [-0.05, 0) is 58.8 Å². The number of aryl methyl sites for hydroxylation is 1. The Morgan fingerprint density at radius 2 is 1.80 bits per heavy atom. The van der Waals surface area contributed by atoms with Gasteiger partial charge < -0.3 is 9.64 Å². The molecule has 0 aliphatic heterocycles. The number of aromatic nitrogens is 3. The fourth-order valence-electron chi connectivity index (χ4n) is 3.66. The molecule has 0 amide bonds. The lowest BCUT2D eigenvalue weighted by Gasteiger charge is -2.32. The van der Waals surface area contributed by atoms with Gasteiger partial charge in [0.2, 0.25) is 0 Å². The molecule has 1 aliphatic rings. The van der Waals surface area contributed by atoms with Gasteiger partial charge in [0.15, 0.2) is 5.82 Å². The van der Waals surface area contributed by atoms with Crippen LogP contribution in [0.3, 0.4) is 0 Å². The third-order valence-electron chi connectivity index (χ3n) is 5.28. The van der Waals surface area contributed by atoms with Crippen LogP contribution in [0.25, 0.3) is 5.69 Å². The van der Waals surface area contributed by atoms with E-state index in [1.165, 1.54) is 31.2 Å². The first-order valence-corrected chi connectivity index (χ1v) is 9.26. The second kappa shape index (κ2) is 8.11. The van der Waals surface area contributed by atoms with Gasteiger partial charge in [-0.1, -0.05) is 17.7 Å². The quantitative estimate of drug-likeness (QED) is 0.807. The Hall–Kier alpha value is -1.72. The van der Waals surface area contributed by atoms with Gasteiger partial charge in [0.1, 0.15) is 5.82 Å². The Bertz CT molecular complexity index is 670. The summed E-state index contributed by atoms with van der Waals surface area (Å²) in [6.07, 6.45) is 5.57. The van der Waals surface area contributed by atoms with E-state index in [0.29, 0.717) is 18.6 Å². The molecular weight excluding hydrogens is 312 g/mol. The van der Waals surface area contributed by atoms with Gasteiger partial charge in [0, 0.05) is 25.5 Å². The molecule has 2 aromatic rings. The minimum absolute atomic E-state index is 0.487. The van der Waals surface area contributed by atoms with E-state index in [9.17, 15) is 0 Å². The van der Waals surface area contributed by atoms with Gasteiger partial charge >= 0.3 is 0 Å². The SMILES string of the molecule is COCCc1nc(C2CCC(N(C)C)CC2)n(-c2ccc(C)cc2)n1. The summed E-state index contributed by atoms with van der Waals surface area (Å²) in [6.45, 7) is 2.77. The average molecular weight is 342 g/mol. The first-order chi connectivity index (χ1) is 12.1. The molecule has 1 aromatic heterocycles. The van der Waals surface area contributed by atoms with Crippen LogP contribution in [0.15, 0.2) is 24.3 Å². The van der Waals surface area contributed by atoms with Crippen molar-refractivity contribution in [2.75, 3.05) is 27.8 Å². The van der Waals surface area contributed by atoms with E-state index in [1.54, 1.807) is 7.11 Å². The summed E-state index contributed by atoms with van der Waals surface area (Å²) in [4.78, 5) is 7.25. The number of benzene rings is 1. The maximum Gasteiger partial charge on any atom is 0.153 e. The average Bonchev–Trinajstić information content (AvgIpc) is 3.05. The van der Waals surface area contributed by atoms with E-state index in [-0.39, 0.29) is 0 Å². The zero-order valence-electron chi connectivity index (χ0n) is 15.9. The first-order valence-electron chi connectivity index (χ1n) is 9.26. The third kappa shape index (κ3) is 4.28. The van der Waals surface area contributed by atoms with Crippen molar-refractivity contribution < 1.29 is 4.74 Å². The van der Waals surface area contributed by atoms with Crippen LogP contribution >= 0.6 is 0 Å². The molecule has 0 atom stereocenters. The van der Waals surface area contributed by atoms with Gasteiger partial charge in [-0.3, -0.25) is 0 Å². The maximum atomic E-state index is 5.21. The van der Waals surface area contributed by atoms with Gasteiger partial charge in [-0.2, -0.15) is 5.10 Å². The third-order valence-corrected chi connectivity index (χ3v) is 5.28. The number of ether oxygens (including phenoxy) is 1. The topological polar surface area (TPSA) is 43.2 Å². The molecule has 1 aliphatic carbocycles. The second-order valence-electron chi connectivity index (χ2n) is 7.35. The molecule has 0 N–H and O–H groups in total. The molecule has 1 saturated carbocycles. The highest BCUT2D eigenvalue weighted by atomic mass is 16.5. The van der Waals surface area contributed by atoms with E-state index in [1.807, 2.05) is 0 Å². The molecule has 0 saturated heterocycles. The fourth-order valence-corrected chi connectivity index (χ4v) is 3.66. The summed E-state index contributed by atoms with van der Waals surface area (Å²) >= 11 is 0. The standard InChI is InChI=1S/C20H30N4O/c1-15-5-9-18(10-6-15)24-20(21-19(22-24)13-14-25-4)16-7-11-17(12-8-16)23(2)3/h5-6,9-10,16-17H,7-8,11-14H2,1-4H3. The van der Waals surface area contributed by atoms with Crippen LogP contribution in [-0.2, 0) is 11.2 Å². The molecule has 0 spiro atoms. The van der Waals surface area contributed by atoms with Crippen LogP contribution in [0.5, 0.6) is 0 Å². The predicted molar refractivity (Wildman–Crippen MR) is 100 cm³/mol. The predicted octanol–water partition coefficient (Wildman–Crippen LogP) is 3.35. The number of hydrogen-bond donors (Lipinski definition) is 0. The van der Waals surface area contributed by atoms with Crippen molar-refractivity contribution in [1.29, 1.82) is 0 Å². The van der Waals surface area contributed by atoms with Crippen LogP contribution < -0.4 is 0 Å². The van der Waals surface area contributed by atoms with Crippen molar-refractivity contribution in [2.24, 2.45) is 0 Å². The van der Waals surface area contributed by atoms with Crippen LogP contribution in [0.2, 0.25) is 0 Å². The molecule has 3 rings (SSSR count). The Labute approximate surface area is 151 Å². The molecule has 1 fully saturated rings. The van der Waals surface area contributed by atoms with Gasteiger partial charge in [-0.15, -0.1) is 0 Å². The van der Waals surface area contributed by atoms with Crippen molar-refractivity contribution in [3.8, 4) is 5.69 Å². The molecule has 0 unspecified atom stereocenters. The van der Waals surface area contributed by atoms with Crippen molar-refractivity contribution in [2.45, 2.75) is 51.0 Å². The van der Waals surface area contributed by atoms with Crippen LogP contribution in [0, 0.1) is 6.92 Å². The Kier molecular flexibility index (Phi) is 5.86. The molecule has 1 aromatic carbocycles. The number of nitrogens with zero attached hydrogens (tertiary/aromatic N) is 4. The van der Waals surface area contributed by atoms with Crippen molar-refractivity contribution >= 4 is 0 Å². The largest absolute Gasteiger partial charge is 0.384 e. The first kappa shape index (κ1) is 18.1. The molecule has 0 bridgehead atoms. The van der Waals surface area contributed by atoms with E-state index in [2.05, 4.69) is 54.9 Å².